The molecule has 1 rings (SSSR count). The molecule has 0 bridgehead atoms. The standard InChI is InChI=1S/C15H26N2/c1-13(2)10-12-17(3)11-4-5-14-6-8-15(16)9-7-14/h6-9,13H,4-5,10-12,16H2,1-3H3. The number of anilines is 1. The van der Waals surface area contributed by atoms with Crippen LogP contribution in [0.1, 0.15) is 32.3 Å². The summed E-state index contributed by atoms with van der Waals surface area (Å²) < 4.78 is 0. The minimum Gasteiger partial charge on any atom is -0.399 e. The first-order valence-electron chi connectivity index (χ1n) is 6.61. The van der Waals surface area contributed by atoms with Crippen molar-refractivity contribution in [3.63, 3.8) is 0 Å². The number of aryl methyl sites for hydroxylation is 1. The first-order valence-corrected chi connectivity index (χ1v) is 6.61. The van der Waals surface area contributed by atoms with E-state index in [1.54, 1.807) is 0 Å². The second-order valence-corrected chi connectivity index (χ2v) is 5.33. The SMILES string of the molecule is CC(C)CCN(C)CCCc1ccc(N)cc1. The topological polar surface area (TPSA) is 29.3 Å². The second kappa shape index (κ2) is 7.33. The number of rotatable bonds is 7. The third-order valence-electron chi connectivity index (χ3n) is 3.07. The molecule has 0 heterocycles. The monoisotopic (exact) mass is 234 g/mol. The average Bonchev–Trinajstić information content (AvgIpc) is 2.29. The highest BCUT2D eigenvalue weighted by Crippen LogP contribution is 2.08. The Labute approximate surface area is 106 Å². The Morgan fingerprint density at radius 3 is 2.35 bits per heavy atom. The van der Waals surface area contributed by atoms with Crippen molar-refractivity contribution < 1.29 is 0 Å². The zero-order valence-corrected chi connectivity index (χ0v) is 11.4. The van der Waals surface area contributed by atoms with Gasteiger partial charge in [-0.1, -0.05) is 26.0 Å². The van der Waals surface area contributed by atoms with Crippen molar-refractivity contribution in [2.45, 2.75) is 33.1 Å². The van der Waals surface area contributed by atoms with E-state index in [9.17, 15) is 0 Å². The van der Waals surface area contributed by atoms with Crippen molar-refractivity contribution in [2.24, 2.45) is 5.92 Å². The van der Waals surface area contributed by atoms with E-state index in [1.807, 2.05) is 12.1 Å². The van der Waals surface area contributed by atoms with Gasteiger partial charge in [0.25, 0.3) is 0 Å². The molecule has 0 aliphatic heterocycles. The highest BCUT2D eigenvalue weighted by atomic mass is 15.1. The molecular weight excluding hydrogens is 208 g/mol. The van der Waals surface area contributed by atoms with E-state index in [0.29, 0.717) is 0 Å². The van der Waals surface area contributed by atoms with Crippen LogP contribution in [0.2, 0.25) is 0 Å². The number of benzene rings is 1. The van der Waals surface area contributed by atoms with Gasteiger partial charge in [0.15, 0.2) is 0 Å². The smallest absolute Gasteiger partial charge is 0.0314 e. The molecule has 2 N–H and O–H groups in total. The Kier molecular flexibility index (Phi) is 6.06. The van der Waals surface area contributed by atoms with E-state index in [0.717, 1.165) is 18.0 Å². The van der Waals surface area contributed by atoms with Crippen molar-refractivity contribution in [3.05, 3.63) is 29.8 Å². The lowest BCUT2D eigenvalue weighted by Gasteiger charge is -2.17. The maximum atomic E-state index is 5.66. The van der Waals surface area contributed by atoms with Crippen LogP contribution >= 0.6 is 0 Å². The molecule has 0 aromatic heterocycles. The van der Waals surface area contributed by atoms with Gasteiger partial charge in [0.2, 0.25) is 0 Å². The van der Waals surface area contributed by atoms with Crippen LogP contribution in [0.25, 0.3) is 0 Å². The maximum Gasteiger partial charge on any atom is 0.0314 e. The summed E-state index contributed by atoms with van der Waals surface area (Å²) in [6.07, 6.45) is 3.66. The molecule has 17 heavy (non-hydrogen) atoms. The third-order valence-corrected chi connectivity index (χ3v) is 3.07. The first kappa shape index (κ1) is 14.0. The number of nitrogens with two attached hydrogens (primary N) is 1. The molecule has 0 atom stereocenters. The van der Waals surface area contributed by atoms with Crippen molar-refractivity contribution in [1.29, 1.82) is 0 Å². The van der Waals surface area contributed by atoms with Gasteiger partial charge in [0.05, 0.1) is 0 Å². The molecule has 2 nitrogen and oxygen atoms in total. The molecule has 2 heteroatoms. The summed E-state index contributed by atoms with van der Waals surface area (Å²) in [5, 5.41) is 0. The summed E-state index contributed by atoms with van der Waals surface area (Å²) in [6.45, 7) is 6.95. The van der Waals surface area contributed by atoms with Crippen molar-refractivity contribution >= 4 is 5.69 Å². The molecule has 0 aliphatic carbocycles. The summed E-state index contributed by atoms with van der Waals surface area (Å²) >= 11 is 0. The van der Waals surface area contributed by atoms with Crippen LogP contribution in [0.4, 0.5) is 5.69 Å². The Bertz CT molecular complexity index is 303. The number of nitrogens with zero attached hydrogens (tertiary/aromatic N) is 1. The van der Waals surface area contributed by atoms with Gasteiger partial charge in [-0.05, 0) is 63.0 Å². The second-order valence-electron chi connectivity index (χ2n) is 5.33. The van der Waals surface area contributed by atoms with Crippen molar-refractivity contribution in [3.8, 4) is 0 Å². The molecule has 0 amide bonds. The molecule has 0 saturated carbocycles. The number of hydrogen-bond acceptors (Lipinski definition) is 2. The zero-order valence-electron chi connectivity index (χ0n) is 11.4. The van der Waals surface area contributed by atoms with Crippen LogP contribution in [0.15, 0.2) is 24.3 Å². The van der Waals surface area contributed by atoms with Crippen LogP contribution in [-0.4, -0.2) is 25.0 Å². The molecule has 96 valence electrons. The molecule has 0 spiro atoms. The minimum absolute atomic E-state index is 0.801. The number of nitrogen functional groups attached to an aromatic ring is 1. The molecule has 0 radical (unpaired) electrons. The van der Waals surface area contributed by atoms with Crippen LogP contribution in [0.5, 0.6) is 0 Å². The summed E-state index contributed by atoms with van der Waals surface area (Å²) in [5.41, 5.74) is 7.90. The van der Waals surface area contributed by atoms with Crippen molar-refractivity contribution in [1.82, 2.24) is 4.90 Å². The molecule has 0 unspecified atom stereocenters. The van der Waals surface area contributed by atoms with Crippen LogP contribution in [0.3, 0.4) is 0 Å². The summed E-state index contributed by atoms with van der Waals surface area (Å²) in [6, 6.07) is 8.22. The average molecular weight is 234 g/mol. The largest absolute Gasteiger partial charge is 0.399 e. The highest BCUT2D eigenvalue weighted by molar-refractivity contribution is 5.39. The maximum absolute atomic E-state index is 5.66. The van der Waals surface area contributed by atoms with Crippen molar-refractivity contribution in [2.75, 3.05) is 25.9 Å². The van der Waals surface area contributed by atoms with Crippen LogP contribution in [0, 0.1) is 5.92 Å². The van der Waals surface area contributed by atoms with Gasteiger partial charge in [-0.15, -0.1) is 0 Å². The third kappa shape index (κ3) is 6.32. The molecule has 0 saturated heterocycles. The van der Waals surface area contributed by atoms with Gasteiger partial charge >= 0.3 is 0 Å². The van der Waals surface area contributed by atoms with Gasteiger partial charge in [0.1, 0.15) is 0 Å². The Balaban J connectivity index is 2.16. The number of hydrogen-bond donors (Lipinski definition) is 1. The van der Waals surface area contributed by atoms with E-state index in [1.165, 1.54) is 31.5 Å². The van der Waals surface area contributed by atoms with E-state index in [4.69, 9.17) is 5.73 Å². The van der Waals surface area contributed by atoms with Gasteiger partial charge in [-0.3, -0.25) is 0 Å². The molecule has 0 aliphatic rings. The predicted octanol–water partition coefficient (Wildman–Crippen LogP) is 3.18. The van der Waals surface area contributed by atoms with Gasteiger partial charge in [-0.2, -0.15) is 0 Å². The lowest BCUT2D eigenvalue weighted by atomic mass is 10.1. The van der Waals surface area contributed by atoms with Crippen LogP contribution in [-0.2, 0) is 6.42 Å². The first-order chi connectivity index (χ1) is 8.08. The Hall–Kier alpha value is -1.02. The summed E-state index contributed by atoms with van der Waals surface area (Å²) in [7, 11) is 2.21. The predicted molar refractivity (Wildman–Crippen MR) is 76.1 cm³/mol. The Morgan fingerprint density at radius 2 is 1.76 bits per heavy atom. The van der Waals surface area contributed by atoms with Gasteiger partial charge in [-0.25, -0.2) is 0 Å². The lowest BCUT2D eigenvalue weighted by Crippen LogP contribution is -2.22. The lowest BCUT2D eigenvalue weighted by molar-refractivity contribution is 0.307. The fourth-order valence-corrected chi connectivity index (χ4v) is 1.83. The molecule has 1 aromatic rings. The quantitative estimate of drug-likeness (QED) is 0.734. The minimum atomic E-state index is 0.801. The van der Waals surface area contributed by atoms with E-state index < -0.39 is 0 Å². The van der Waals surface area contributed by atoms with Gasteiger partial charge in [0, 0.05) is 5.69 Å². The van der Waals surface area contributed by atoms with E-state index >= 15 is 0 Å². The highest BCUT2D eigenvalue weighted by Gasteiger charge is 2.01. The fraction of sp³-hybridized carbons (Fsp3) is 0.600. The molecule has 1 aromatic carbocycles. The molecular formula is C15H26N2. The fourth-order valence-electron chi connectivity index (χ4n) is 1.83. The van der Waals surface area contributed by atoms with Crippen LogP contribution < -0.4 is 5.73 Å². The normalized spacial score (nSPS) is 11.4. The molecule has 0 fully saturated rings. The van der Waals surface area contributed by atoms with E-state index in [-0.39, 0.29) is 0 Å². The Morgan fingerprint density at radius 1 is 1.12 bits per heavy atom. The van der Waals surface area contributed by atoms with Gasteiger partial charge < -0.3 is 10.6 Å². The summed E-state index contributed by atoms with van der Waals surface area (Å²) in [5.74, 6) is 0.801. The summed E-state index contributed by atoms with van der Waals surface area (Å²) in [4.78, 5) is 2.43. The zero-order chi connectivity index (χ0) is 12.7. The van der Waals surface area contributed by atoms with E-state index in [2.05, 4.69) is 37.9 Å².